The summed E-state index contributed by atoms with van der Waals surface area (Å²) in [6.45, 7) is 4.33. The number of nitrogens with zero attached hydrogens (tertiary/aromatic N) is 5. The van der Waals surface area contributed by atoms with Crippen LogP contribution in [0.5, 0.6) is 0 Å². The molecular weight excluding hydrogens is 344 g/mol. The number of anilines is 3. The lowest BCUT2D eigenvalue weighted by molar-refractivity contribution is -0.129. The van der Waals surface area contributed by atoms with Crippen molar-refractivity contribution in [1.82, 2.24) is 14.9 Å². The van der Waals surface area contributed by atoms with Crippen LogP contribution < -0.4 is 15.1 Å². The molecule has 2 aromatic rings. The third kappa shape index (κ3) is 4.52. The third-order valence-electron chi connectivity index (χ3n) is 4.56. The number of benzene rings is 1. The summed E-state index contributed by atoms with van der Waals surface area (Å²) in [4.78, 5) is 38.2. The smallest absolute Gasteiger partial charge is 0.275 e. The normalized spacial score (nSPS) is 14.0. The van der Waals surface area contributed by atoms with Crippen molar-refractivity contribution in [3.63, 3.8) is 0 Å². The molecule has 1 N–H and O–H groups in total. The first kappa shape index (κ1) is 18.6. The molecule has 8 nitrogen and oxygen atoms in total. The second-order valence-corrected chi connectivity index (χ2v) is 6.65. The Morgan fingerprint density at radius 1 is 1.00 bits per heavy atom. The highest BCUT2D eigenvalue weighted by molar-refractivity contribution is 6.02. The van der Waals surface area contributed by atoms with Crippen LogP contribution in [-0.4, -0.2) is 67.0 Å². The van der Waals surface area contributed by atoms with Crippen molar-refractivity contribution in [2.45, 2.75) is 6.92 Å². The highest BCUT2D eigenvalue weighted by atomic mass is 16.2. The van der Waals surface area contributed by atoms with Crippen molar-refractivity contribution in [3.8, 4) is 0 Å². The molecule has 0 bridgehead atoms. The number of aromatic nitrogens is 2. The molecular formula is C19H24N6O2. The molecule has 1 aromatic heterocycles. The zero-order valence-corrected chi connectivity index (χ0v) is 15.8. The Balaban J connectivity index is 1.60. The largest absolute Gasteiger partial charge is 0.378 e. The molecule has 1 aliphatic rings. The first-order chi connectivity index (χ1) is 12.9. The minimum Gasteiger partial charge on any atom is -0.378 e. The zero-order valence-electron chi connectivity index (χ0n) is 15.8. The molecule has 1 saturated heterocycles. The van der Waals surface area contributed by atoms with Gasteiger partial charge in [-0.25, -0.2) is 9.97 Å². The van der Waals surface area contributed by atoms with E-state index in [4.69, 9.17) is 0 Å². The Bertz CT molecular complexity index is 796. The standard InChI is InChI=1S/C19H24N6O2/c1-14(26)24-8-10-25(11-9-24)18-13-20-17(12-21-18)19(27)22-15-4-6-16(7-5-15)23(2)3/h4-7,12-13H,8-11H2,1-3H3,(H,22,27). The fourth-order valence-electron chi connectivity index (χ4n) is 2.89. The first-order valence-electron chi connectivity index (χ1n) is 8.85. The maximum absolute atomic E-state index is 12.4. The molecule has 8 heteroatoms. The van der Waals surface area contributed by atoms with Crippen LogP contribution in [0.4, 0.5) is 17.2 Å². The van der Waals surface area contributed by atoms with Crippen molar-refractivity contribution >= 4 is 29.0 Å². The number of nitrogens with one attached hydrogen (secondary N) is 1. The number of amides is 2. The van der Waals surface area contributed by atoms with E-state index in [2.05, 4.69) is 20.2 Å². The second kappa shape index (κ2) is 8.03. The Morgan fingerprint density at radius 2 is 1.67 bits per heavy atom. The number of carbonyl (C=O) groups is 2. The van der Waals surface area contributed by atoms with E-state index in [1.54, 1.807) is 13.1 Å². The molecule has 0 aliphatic carbocycles. The first-order valence-corrected chi connectivity index (χ1v) is 8.85. The Kier molecular flexibility index (Phi) is 5.54. The summed E-state index contributed by atoms with van der Waals surface area (Å²) in [7, 11) is 3.93. The van der Waals surface area contributed by atoms with E-state index in [1.807, 2.05) is 48.2 Å². The van der Waals surface area contributed by atoms with Crippen LogP contribution in [0.1, 0.15) is 17.4 Å². The zero-order chi connectivity index (χ0) is 19.4. The van der Waals surface area contributed by atoms with Crippen LogP contribution in [0.3, 0.4) is 0 Å². The topological polar surface area (TPSA) is 81.7 Å². The van der Waals surface area contributed by atoms with Crippen molar-refractivity contribution < 1.29 is 9.59 Å². The fraction of sp³-hybridized carbons (Fsp3) is 0.368. The minimum absolute atomic E-state index is 0.0892. The third-order valence-corrected chi connectivity index (χ3v) is 4.56. The molecule has 142 valence electrons. The van der Waals surface area contributed by atoms with Gasteiger partial charge in [0.15, 0.2) is 0 Å². The lowest BCUT2D eigenvalue weighted by Gasteiger charge is -2.34. The molecule has 27 heavy (non-hydrogen) atoms. The minimum atomic E-state index is -0.298. The van der Waals surface area contributed by atoms with E-state index in [9.17, 15) is 9.59 Å². The lowest BCUT2D eigenvalue weighted by Crippen LogP contribution is -2.48. The molecule has 1 fully saturated rings. The summed E-state index contributed by atoms with van der Waals surface area (Å²) < 4.78 is 0. The Hall–Kier alpha value is -3.16. The number of carbonyl (C=O) groups excluding carboxylic acids is 2. The highest BCUT2D eigenvalue weighted by Crippen LogP contribution is 2.17. The van der Waals surface area contributed by atoms with Gasteiger partial charge < -0.3 is 20.0 Å². The van der Waals surface area contributed by atoms with Gasteiger partial charge in [-0.3, -0.25) is 9.59 Å². The van der Waals surface area contributed by atoms with Gasteiger partial charge in [0.1, 0.15) is 11.5 Å². The van der Waals surface area contributed by atoms with Gasteiger partial charge in [-0.15, -0.1) is 0 Å². The van der Waals surface area contributed by atoms with Gasteiger partial charge in [0.25, 0.3) is 5.91 Å². The van der Waals surface area contributed by atoms with Gasteiger partial charge in [-0.2, -0.15) is 0 Å². The van der Waals surface area contributed by atoms with Gasteiger partial charge >= 0.3 is 0 Å². The predicted octanol–water partition coefficient (Wildman–Crippen LogP) is 1.46. The fourth-order valence-corrected chi connectivity index (χ4v) is 2.89. The quantitative estimate of drug-likeness (QED) is 0.880. The van der Waals surface area contributed by atoms with Crippen molar-refractivity contribution in [2.75, 3.05) is 55.4 Å². The van der Waals surface area contributed by atoms with Gasteiger partial charge in [-0.05, 0) is 24.3 Å². The Labute approximate surface area is 158 Å². The molecule has 0 unspecified atom stereocenters. The summed E-state index contributed by atoms with van der Waals surface area (Å²) in [5, 5.41) is 2.82. The predicted molar refractivity (Wildman–Crippen MR) is 105 cm³/mol. The molecule has 2 heterocycles. The number of rotatable bonds is 4. The SMILES string of the molecule is CC(=O)N1CCN(c2cnc(C(=O)Nc3ccc(N(C)C)cc3)cn2)CC1. The van der Waals surface area contributed by atoms with E-state index < -0.39 is 0 Å². The van der Waals surface area contributed by atoms with Crippen molar-refractivity contribution in [1.29, 1.82) is 0 Å². The van der Waals surface area contributed by atoms with E-state index >= 15 is 0 Å². The molecule has 1 aromatic carbocycles. The monoisotopic (exact) mass is 368 g/mol. The van der Waals surface area contributed by atoms with Gasteiger partial charge in [0.05, 0.1) is 12.4 Å². The molecule has 1 aliphatic heterocycles. The number of hydrogen-bond donors (Lipinski definition) is 1. The van der Waals surface area contributed by atoms with Crippen molar-refractivity contribution in [2.24, 2.45) is 0 Å². The average Bonchev–Trinajstić information content (AvgIpc) is 2.68. The molecule has 0 spiro atoms. The Morgan fingerprint density at radius 3 is 2.19 bits per heavy atom. The van der Waals surface area contributed by atoms with E-state index in [0.717, 1.165) is 5.69 Å². The van der Waals surface area contributed by atoms with Crippen LogP contribution in [0.15, 0.2) is 36.7 Å². The summed E-state index contributed by atoms with van der Waals surface area (Å²) in [5.41, 5.74) is 2.02. The van der Waals surface area contributed by atoms with Gasteiger partial charge in [0, 0.05) is 58.6 Å². The van der Waals surface area contributed by atoms with Gasteiger partial charge in [-0.1, -0.05) is 0 Å². The van der Waals surface area contributed by atoms with Crippen molar-refractivity contribution in [3.05, 3.63) is 42.4 Å². The maximum Gasteiger partial charge on any atom is 0.275 e. The summed E-state index contributed by atoms with van der Waals surface area (Å²) in [6, 6.07) is 7.57. The number of hydrogen-bond acceptors (Lipinski definition) is 6. The van der Waals surface area contributed by atoms with Crippen LogP contribution in [0.25, 0.3) is 0 Å². The van der Waals surface area contributed by atoms with Gasteiger partial charge in [0.2, 0.25) is 5.91 Å². The van der Waals surface area contributed by atoms with E-state index in [-0.39, 0.29) is 17.5 Å². The van der Waals surface area contributed by atoms with Crippen LogP contribution >= 0.6 is 0 Å². The van der Waals surface area contributed by atoms with Crippen LogP contribution in [0.2, 0.25) is 0 Å². The summed E-state index contributed by atoms with van der Waals surface area (Å²) in [5.74, 6) is 0.504. The van der Waals surface area contributed by atoms with Crippen LogP contribution in [-0.2, 0) is 4.79 Å². The molecule has 0 saturated carbocycles. The lowest BCUT2D eigenvalue weighted by atomic mass is 10.2. The summed E-state index contributed by atoms with van der Waals surface area (Å²) >= 11 is 0. The van der Waals surface area contributed by atoms with Crippen LogP contribution in [0, 0.1) is 0 Å². The molecule has 0 radical (unpaired) electrons. The maximum atomic E-state index is 12.4. The average molecular weight is 368 g/mol. The molecule has 3 rings (SSSR count). The van der Waals surface area contributed by atoms with E-state index in [1.165, 1.54) is 6.20 Å². The van der Waals surface area contributed by atoms with E-state index in [0.29, 0.717) is 37.7 Å². The number of piperazine rings is 1. The molecule has 2 amide bonds. The summed E-state index contributed by atoms with van der Waals surface area (Å²) in [6.07, 6.45) is 3.09. The highest BCUT2D eigenvalue weighted by Gasteiger charge is 2.20. The second-order valence-electron chi connectivity index (χ2n) is 6.65. The molecule has 0 atom stereocenters.